The lowest BCUT2D eigenvalue weighted by atomic mass is 10.1. The zero-order valence-corrected chi connectivity index (χ0v) is 16.2. The van der Waals surface area contributed by atoms with Crippen LogP contribution in [0.3, 0.4) is 0 Å². The van der Waals surface area contributed by atoms with Gasteiger partial charge in [0.15, 0.2) is 6.10 Å². The first-order valence-electron chi connectivity index (χ1n) is 8.59. The standard InChI is InChI=1S/C18H29F2N3O3/c1-11-21-13(22-16(2,3)4)8-9-23(11)15-18(19,20)14(12(10-24)25-15)26-17(5,6)7/h8-9,12,14-15,24H,1,10H2,2-7H3,(H,21,22)/t12-,14?,15-/m1/s1. The second-order valence-corrected chi connectivity index (χ2v) is 8.50. The quantitative estimate of drug-likeness (QED) is 0.796. The Labute approximate surface area is 153 Å². The number of aliphatic hydroxyl groups excluding tert-OH is 1. The highest BCUT2D eigenvalue weighted by Crippen LogP contribution is 2.42. The maximum absolute atomic E-state index is 15.0. The number of alkyl halides is 2. The summed E-state index contributed by atoms with van der Waals surface area (Å²) in [6, 6.07) is 0. The van der Waals surface area contributed by atoms with Crippen molar-refractivity contribution in [2.24, 2.45) is 4.99 Å². The molecule has 0 spiro atoms. The van der Waals surface area contributed by atoms with Gasteiger partial charge in [0.1, 0.15) is 17.8 Å². The van der Waals surface area contributed by atoms with Gasteiger partial charge in [-0.05, 0) is 47.6 Å². The molecule has 8 heteroatoms. The maximum Gasteiger partial charge on any atom is 0.320 e. The van der Waals surface area contributed by atoms with E-state index < -0.39 is 36.6 Å². The molecule has 2 rings (SSSR count). The lowest BCUT2D eigenvalue weighted by molar-refractivity contribution is -0.187. The number of nitrogens with one attached hydrogen (secondary N) is 1. The average molecular weight is 373 g/mol. The minimum absolute atomic E-state index is 0.216. The Balaban J connectivity index is 2.27. The molecule has 2 heterocycles. The molecule has 6 nitrogen and oxygen atoms in total. The van der Waals surface area contributed by atoms with Gasteiger partial charge in [0.2, 0.25) is 6.23 Å². The molecule has 148 valence electrons. The Kier molecular flexibility index (Phi) is 5.52. The molecule has 0 radical (unpaired) electrons. The third-order valence-corrected chi connectivity index (χ3v) is 3.70. The van der Waals surface area contributed by atoms with Crippen LogP contribution in [-0.2, 0) is 9.47 Å². The highest BCUT2D eigenvalue weighted by molar-refractivity contribution is 5.95. The molecule has 0 aromatic carbocycles. The second kappa shape index (κ2) is 6.90. The molecule has 1 saturated heterocycles. The average Bonchev–Trinajstić information content (AvgIpc) is 2.67. The molecule has 0 bridgehead atoms. The summed E-state index contributed by atoms with van der Waals surface area (Å²) in [5.41, 5.74) is -1.13. The molecule has 3 atom stereocenters. The molecule has 2 aliphatic heterocycles. The van der Waals surface area contributed by atoms with Crippen LogP contribution >= 0.6 is 0 Å². The van der Waals surface area contributed by atoms with E-state index >= 15 is 8.78 Å². The van der Waals surface area contributed by atoms with Crippen LogP contribution in [0.1, 0.15) is 41.5 Å². The smallest absolute Gasteiger partial charge is 0.320 e. The van der Waals surface area contributed by atoms with Crippen LogP contribution in [0.4, 0.5) is 8.78 Å². The van der Waals surface area contributed by atoms with Crippen molar-refractivity contribution in [3.8, 4) is 0 Å². The third-order valence-electron chi connectivity index (χ3n) is 3.70. The summed E-state index contributed by atoms with van der Waals surface area (Å²) in [7, 11) is 0. The summed E-state index contributed by atoms with van der Waals surface area (Å²) in [5.74, 6) is -2.61. The van der Waals surface area contributed by atoms with Crippen molar-refractivity contribution in [3.05, 3.63) is 24.7 Å². The fourth-order valence-electron chi connectivity index (χ4n) is 2.78. The number of rotatable bonds is 3. The fourth-order valence-corrected chi connectivity index (χ4v) is 2.78. The Hall–Kier alpha value is -1.51. The molecule has 2 N–H and O–H groups in total. The van der Waals surface area contributed by atoms with Crippen molar-refractivity contribution in [2.45, 2.75) is 77.0 Å². The van der Waals surface area contributed by atoms with Crippen molar-refractivity contribution in [1.29, 1.82) is 0 Å². The first-order valence-corrected chi connectivity index (χ1v) is 8.59. The van der Waals surface area contributed by atoms with Crippen LogP contribution in [0.5, 0.6) is 0 Å². The summed E-state index contributed by atoms with van der Waals surface area (Å²) in [6.07, 6.45) is -1.30. The summed E-state index contributed by atoms with van der Waals surface area (Å²) in [5, 5.41) is 12.4. The number of halogens is 2. The van der Waals surface area contributed by atoms with E-state index in [2.05, 4.69) is 16.9 Å². The van der Waals surface area contributed by atoms with Crippen LogP contribution in [0, 0.1) is 0 Å². The predicted octanol–water partition coefficient (Wildman–Crippen LogP) is 2.61. The fraction of sp³-hybridized carbons (Fsp3) is 0.722. The van der Waals surface area contributed by atoms with Crippen LogP contribution in [0.25, 0.3) is 0 Å². The topological polar surface area (TPSA) is 66.3 Å². The van der Waals surface area contributed by atoms with Gasteiger partial charge in [0, 0.05) is 6.20 Å². The Morgan fingerprint density at radius 2 is 1.96 bits per heavy atom. The number of hydrogen-bond acceptors (Lipinski definition) is 5. The molecule has 0 aromatic rings. The van der Waals surface area contributed by atoms with E-state index in [1.807, 2.05) is 20.8 Å². The first kappa shape index (κ1) is 20.8. The van der Waals surface area contributed by atoms with Gasteiger partial charge < -0.3 is 24.8 Å². The van der Waals surface area contributed by atoms with E-state index in [9.17, 15) is 5.11 Å². The SMILES string of the molecule is C=C1NC(=NC(C)(C)C)C=CN1[C@@H]1O[C@H](CO)C(OC(C)(C)C)C1(F)F. The van der Waals surface area contributed by atoms with Crippen molar-refractivity contribution in [2.75, 3.05) is 6.61 Å². The number of aliphatic imine (C=N–C) groups is 1. The highest BCUT2D eigenvalue weighted by Gasteiger charge is 2.62. The van der Waals surface area contributed by atoms with Crippen LogP contribution in [0.15, 0.2) is 29.7 Å². The molecule has 1 unspecified atom stereocenters. The summed E-state index contributed by atoms with van der Waals surface area (Å²) < 4.78 is 41.0. The van der Waals surface area contributed by atoms with Gasteiger partial charge in [-0.3, -0.25) is 4.99 Å². The molecule has 26 heavy (non-hydrogen) atoms. The van der Waals surface area contributed by atoms with Crippen molar-refractivity contribution < 1.29 is 23.4 Å². The number of aliphatic hydroxyl groups is 1. The Bertz CT molecular complexity index is 606. The number of ether oxygens (including phenoxy) is 2. The first-order chi connectivity index (χ1) is 11.7. The van der Waals surface area contributed by atoms with Gasteiger partial charge in [-0.25, -0.2) is 0 Å². The van der Waals surface area contributed by atoms with Gasteiger partial charge in [-0.2, -0.15) is 8.78 Å². The molecule has 2 aliphatic rings. The van der Waals surface area contributed by atoms with Gasteiger partial charge in [-0.15, -0.1) is 0 Å². The predicted molar refractivity (Wildman–Crippen MR) is 95.8 cm³/mol. The molecular weight excluding hydrogens is 344 g/mol. The normalized spacial score (nSPS) is 30.8. The summed E-state index contributed by atoms with van der Waals surface area (Å²) in [6.45, 7) is 14.1. The second-order valence-electron chi connectivity index (χ2n) is 8.50. The van der Waals surface area contributed by atoms with E-state index in [0.29, 0.717) is 5.84 Å². The highest BCUT2D eigenvalue weighted by atomic mass is 19.3. The molecular formula is C18H29F2N3O3. The maximum atomic E-state index is 15.0. The van der Waals surface area contributed by atoms with Crippen molar-refractivity contribution in [3.63, 3.8) is 0 Å². The van der Waals surface area contributed by atoms with Gasteiger partial charge in [-0.1, -0.05) is 6.58 Å². The van der Waals surface area contributed by atoms with Gasteiger partial charge in [0.25, 0.3) is 0 Å². The zero-order valence-electron chi connectivity index (χ0n) is 16.2. The monoisotopic (exact) mass is 373 g/mol. The van der Waals surface area contributed by atoms with E-state index in [1.54, 1.807) is 26.8 Å². The van der Waals surface area contributed by atoms with Crippen molar-refractivity contribution >= 4 is 5.84 Å². The van der Waals surface area contributed by atoms with E-state index in [-0.39, 0.29) is 11.4 Å². The minimum Gasteiger partial charge on any atom is -0.394 e. The van der Waals surface area contributed by atoms with Crippen LogP contribution in [-0.4, -0.2) is 57.9 Å². The van der Waals surface area contributed by atoms with Crippen LogP contribution < -0.4 is 5.32 Å². The summed E-state index contributed by atoms with van der Waals surface area (Å²) >= 11 is 0. The van der Waals surface area contributed by atoms with Gasteiger partial charge >= 0.3 is 5.92 Å². The lowest BCUT2D eigenvalue weighted by Crippen LogP contribution is -2.52. The number of amidine groups is 1. The van der Waals surface area contributed by atoms with Crippen LogP contribution in [0.2, 0.25) is 0 Å². The molecule has 1 fully saturated rings. The van der Waals surface area contributed by atoms with E-state index in [1.165, 1.54) is 11.1 Å². The lowest BCUT2D eigenvalue weighted by Gasteiger charge is -2.36. The van der Waals surface area contributed by atoms with Crippen molar-refractivity contribution in [1.82, 2.24) is 10.2 Å². The Morgan fingerprint density at radius 3 is 2.42 bits per heavy atom. The third kappa shape index (κ3) is 4.61. The number of nitrogens with zero attached hydrogens (tertiary/aromatic N) is 2. The van der Waals surface area contributed by atoms with E-state index in [0.717, 1.165) is 0 Å². The van der Waals surface area contributed by atoms with E-state index in [4.69, 9.17) is 9.47 Å². The number of hydrogen-bond donors (Lipinski definition) is 2. The molecule has 0 aliphatic carbocycles. The Morgan fingerprint density at radius 1 is 1.35 bits per heavy atom. The molecule has 0 aromatic heterocycles. The minimum atomic E-state index is -3.35. The largest absolute Gasteiger partial charge is 0.394 e. The molecule has 0 saturated carbocycles. The van der Waals surface area contributed by atoms with Gasteiger partial charge in [0.05, 0.1) is 17.7 Å². The summed E-state index contributed by atoms with van der Waals surface area (Å²) in [4.78, 5) is 5.65. The molecule has 0 amide bonds. The zero-order chi connectivity index (χ0) is 19.9.